The van der Waals surface area contributed by atoms with Gasteiger partial charge in [-0.3, -0.25) is 4.79 Å². The predicted molar refractivity (Wildman–Crippen MR) is 132 cm³/mol. The van der Waals surface area contributed by atoms with E-state index in [0.717, 1.165) is 11.9 Å². The van der Waals surface area contributed by atoms with Crippen LogP contribution in [0.4, 0.5) is 11.4 Å². The summed E-state index contributed by atoms with van der Waals surface area (Å²) in [4.78, 5) is 15.7. The molecule has 3 heteroatoms. The lowest BCUT2D eigenvalue weighted by Crippen LogP contribution is -2.14. The largest absolute Gasteiger partial charge is 0.378 e. The van der Waals surface area contributed by atoms with Gasteiger partial charge in [0.2, 0.25) is 0 Å². The van der Waals surface area contributed by atoms with Gasteiger partial charge in [0.1, 0.15) is 6.29 Å². The molecule has 0 aliphatic carbocycles. The normalized spacial score (nSPS) is 12.5. The smallest absolute Gasteiger partial charge is 0.145 e. The standard InChI is InChI=1S/C28H32N2O/c1-21(20-31)19-27(22-9-7-6-8-10-22)28(23-11-15-25(16-12-23)29(2)3)24-13-17-26(18-14-24)30(4)5/h6-20,27-28H,1-5H3/b21-19+/t27-/m0/s1. The van der Waals surface area contributed by atoms with E-state index in [0.29, 0.717) is 0 Å². The van der Waals surface area contributed by atoms with Crippen LogP contribution in [0.3, 0.4) is 0 Å². The molecule has 3 nitrogen and oxygen atoms in total. The molecule has 0 saturated carbocycles. The molecule has 3 aromatic carbocycles. The Morgan fingerprint density at radius 1 is 0.677 bits per heavy atom. The molecule has 0 aliphatic rings. The van der Waals surface area contributed by atoms with Crippen molar-refractivity contribution in [2.75, 3.05) is 38.0 Å². The Morgan fingerprint density at radius 2 is 1.13 bits per heavy atom. The van der Waals surface area contributed by atoms with E-state index < -0.39 is 0 Å². The summed E-state index contributed by atoms with van der Waals surface area (Å²) < 4.78 is 0. The van der Waals surface area contributed by atoms with Gasteiger partial charge in [0.25, 0.3) is 0 Å². The van der Waals surface area contributed by atoms with E-state index >= 15 is 0 Å². The first-order chi connectivity index (χ1) is 14.9. The zero-order valence-electron chi connectivity index (χ0n) is 19.1. The molecule has 0 radical (unpaired) electrons. The van der Waals surface area contributed by atoms with Crippen molar-refractivity contribution >= 4 is 17.7 Å². The van der Waals surface area contributed by atoms with Crippen LogP contribution < -0.4 is 9.80 Å². The number of rotatable bonds is 8. The van der Waals surface area contributed by atoms with Crippen molar-refractivity contribution in [2.45, 2.75) is 18.8 Å². The Hall–Kier alpha value is -3.33. The Kier molecular flexibility index (Phi) is 7.30. The minimum atomic E-state index is 0.0433. The summed E-state index contributed by atoms with van der Waals surface area (Å²) in [6, 6.07) is 27.9. The van der Waals surface area contributed by atoms with Crippen LogP contribution in [0.2, 0.25) is 0 Å². The number of nitrogens with zero attached hydrogens (tertiary/aromatic N) is 2. The first-order valence-corrected chi connectivity index (χ1v) is 10.6. The number of allylic oxidation sites excluding steroid dienone is 2. The first-order valence-electron chi connectivity index (χ1n) is 10.6. The van der Waals surface area contributed by atoms with Crippen LogP contribution >= 0.6 is 0 Å². The molecule has 0 N–H and O–H groups in total. The van der Waals surface area contributed by atoms with E-state index in [4.69, 9.17) is 0 Å². The number of carbonyl (C=O) groups excluding carboxylic acids is 1. The fraction of sp³-hybridized carbons (Fsp3) is 0.250. The van der Waals surface area contributed by atoms with E-state index in [9.17, 15) is 4.79 Å². The highest BCUT2D eigenvalue weighted by atomic mass is 16.1. The highest BCUT2D eigenvalue weighted by molar-refractivity contribution is 5.72. The lowest BCUT2D eigenvalue weighted by Gasteiger charge is -2.28. The number of hydrogen-bond donors (Lipinski definition) is 0. The summed E-state index contributed by atoms with van der Waals surface area (Å²) in [7, 11) is 8.20. The van der Waals surface area contributed by atoms with Gasteiger partial charge in [-0.2, -0.15) is 0 Å². The number of carbonyl (C=O) groups is 1. The summed E-state index contributed by atoms with van der Waals surface area (Å²) in [6.07, 6.45) is 3.05. The molecule has 0 saturated heterocycles. The second kappa shape index (κ2) is 10.1. The maximum Gasteiger partial charge on any atom is 0.145 e. The number of benzene rings is 3. The van der Waals surface area contributed by atoms with Crippen LogP contribution in [-0.4, -0.2) is 34.5 Å². The van der Waals surface area contributed by atoms with Gasteiger partial charge in [-0.1, -0.05) is 60.7 Å². The van der Waals surface area contributed by atoms with Gasteiger partial charge >= 0.3 is 0 Å². The van der Waals surface area contributed by atoms with E-state index in [1.165, 1.54) is 28.1 Å². The third kappa shape index (κ3) is 5.43. The minimum Gasteiger partial charge on any atom is -0.378 e. The fourth-order valence-electron chi connectivity index (χ4n) is 3.95. The average molecular weight is 413 g/mol. The summed E-state index contributed by atoms with van der Waals surface area (Å²) >= 11 is 0. The molecule has 0 spiro atoms. The van der Waals surface area contributed by atoms with Gasteiger partial charge in [0.05, 0.1) is 0 Å². The SMILES string of the molecule is C/C(C=O)=C\[C@@H](c1ccccc1)C(c1ccc(N(C)C)cc1)c1ccc(N(C)C)cc1. The molecule has 160 valence electrons. The van der Waals surface area contributed by atoms with E-state index in [-0.39, 0.29) is 11.8 Å². The average Bonchev–Trinajstić information content (AvgIpc) is 2.79. The van der Waals surface area contributed by atoms with Crippen molar-refractivity contribution in [3.8, 4) is 0 Å². The zero-order valence-corrected chi connectivity index (χ0v) is 19.1. The third-order valence-corrected chi connectivity index (χ3v) is 5.71. The maximum absolute atomic E-state index is 11.5. The maximum atomic E-state index is 11.5. The molecule has 3 aromatic rings. The minimum absolute atomic E-state index is 0.0433. The lowest BCUT2D eigenvalue weighted by molar-refractivity contribution is -0.104. The van der Waals surface area contributed by atoms with Crippen molar-refractivity contribution in [1.29, 1.82) is 0 Å². The van der Waals surface area contributed by atoms with Crippen LogP contribution in [0.1, 0.15) is 35.4 Å². The van der Waals surface area contributed by atoms with Crippen molar-refractivity contribution < 1.29 is 4.79 Å². The van der Waals surface area contributed by atoms with E-state index in [1.54, 1.807) is 0 Å². The van der Waals surface area contributed by atoms with Crippen LogP contribution in [0.15, 0.2) is 90.5 Å². The quantitative estimate of drug-likeness (QED) is 0.341. The topological polar surface area (TPSA) is 23.6 Å². The van der Waals surface area contributed by atoms with Crippen molar-refractivity contribution in [3.05, 3.63) is 107 Å². The van der Waals surface area contributed by atoms with Gasteiger partial charge in [-0.25, -0.2) is 0 Å². The summed E-state index contributed by atoms with van der Waals surface area (Å²) in [5.41, 5.74) is 6.73. The zero-order chi connectivity index (χ0) is 22.4. The van der Waals surface area contributed by atoms with Crippen LogP contribution in [0.5, 0.6) is 0 Å². The molecule has 0 aromatic heterocycles. The molecule has 0 amide bonds. The second-order valence-electron chi connectivity index (χ2n) is 8.41. The first kappa shape index (κ1) is 22.4. The van der Waals surface area contributed by atoms with Gasteiger partial charge in [0, 0.05) is 51.4 Å². The molecule has 0 bridgehead atoms. The molecular weight excluding hydrogens is 380 g/mol. The molecule has 3 rings (SSSR count). The molecule has 0 fully saturated rings. The van der Waals surface area contributed by atoms with Crippen LogP contribution in [0, 0.1) is 0 Å². The number of anilines is 2. The Morgan fingerprint density at radius 3 is 1.52 bits per heavy atom. The van der Waals surface area contributed by atoms with Crippen LogP contribution in [0.25, 0.3) is 0 Å². The van der Waals surface area contributed by atoms with Gasteiger partial charge < -0.3 is 9.80 Å². The monoisotopic (exact) mass is 412 g/mol. The number of hydrogen-bond acceptors (Lipinski definition) is 3. The van der Waals surface area contributed by atoms with Crippen LogP contribution in [-0.2, 0) is 4.79 Å². The second-order valence-corrected chi connectivity index (χ2v) is 8.41. The Bertz CT molecular complexity index is 952. The Labute approximate surface area is 186 Å². The highest BCUT2D eigenvalue weighted by Crippen LogP contribution is 2.41. The fourth-order valence-corrected chi connectivity index (χ4v) is 3.95. The van der Waals surface area contributed by atoms with Crippen molar-refractivity contribution in [1.82, 2.24) is 0 Å². The van der Waals surface area contributed by atoms with Gasteiger partial charge in [-0.15, -0.1) is 0 Å². The predicted octanol–water partition coefficient (Wildman–Crippen LogP) is 5.88. The summed E-state index contributed by atoms with van der Waals surface area (Å²) in [5, 5.41) is 0. The molecule has 31 heavy (non-hydrogen) atoms. The molecule has 0 aliphatic heterocycles. The molecular formula is C28H32N2O. The van der Waals surface area contributed by atoms with E-state index in [2.05, 4.69) is 117 Å². The number of aldehydes is 1. The van der Waals surface area contributed by atoms with E-state index in [1.807, 2.05) is 13.0 Å². The van der Waals surface area contributed by atoms with Crippen molar-refractivity contribution in [2.24, 2.45) is 0 Å². The lowest BCUT2D eigenvalue weighted by atomic mass is 9.76. The highest BCUT2D eigenvalue weighted by Gasteiger charge is 2.25. The van der Waals surface area contributed by atoms with Gasteiger partial charge in [0.15, 0.2) is 0 Å². The third-order valence-electron chi connectivity index (χ3n) is 5.71. The molecule has 1 atom stereocenters. The molecule has 0 heterocycles. The summed E-state index contributed by atoms with van der Waals surface area (Å²) in [5.74, 6) is 0.131. The summed E-state index contributed by atoms with van der Waals surface area (Å²) in [6.45, 7) is 1.88. The van der Waals surface area contributed by atoms with Gasteiger partial charge in [-0.05, 0) is 53.5 Å². The van der Waals surface area contributed by atoms with Crippen molar-refractivity contribution in [3.63, 3.8) is 0 Å². The molecule has 0 unspecified atom stereocenters. The Balaban J connectivity index is 2.17.